The molecular formula is C21H22FN3O2S. The van der Waals surface area contributed by atoms with Crippen LogP contribution >= 0.6 is 11.8 Å². The molecule has 146 valence electrons. The predicted octanol–water partition coefficient (Wildman–Crippen LogP) is 4.84. The van der Waals surface area contributed by atoms with Gasteiger partial charge in [0.1, 0.15) is 17.3 Å². The van der Waals surface area contributed by atoms with E-state index in [9.17, 15) is 4.39 Å². The number of halogens is 1. The van der Waals surface area contributed by atoms with Gasteiger partial charge in [-0.2, -0.15) is 0 Å². The van der Waals surface area contributed by atoms with Gasteiger partial charge in [-0.15, -0.1) is 16.8 Å². The summed E-state index contributed by atoms with van der Waals surface area (Å²) in [4.78, 5) is 0. The third kappa shape index (κ3) is 4.92. The molecule has 0 N–H and O–H groups in total. The van der Waals surface area contributed by atoms with Crippen LogP contribution in [0.5, 0.6) is 11.5 Å². The van der Waals surface area contributed by atoms with E-state index in [0.29, 0.717) is 24.5 Å². The van der Waals surface area contributed by atoms with Gasteiger partial charge in [0.25, 0.3) is 0 Å². The minimum atomic E-state index is -0.315. The third-order valence-corrected chi connectivity index (χ3v) is 5.04. The Hall–Kier alpha value is -2.80. The van der Waals surface area contributed by atoms with Crippen LogP contribution in [-0.2, 0) is 6.54 Å². The number of ether oxygens (including phenoxy) is 2. The average molecular weight is 399 g/mol. The van der Waals surface area contributed by atoms with E-state index in [1.54, 1.807) is 43.1 Å². The Labute approximate surface area is 168 Å². The van der Waals surface area contributed by atoms with Crippen molar-refractivity contribution < 1.29 is 13.9 Å². The quantitative estimate of drug-likeness (QED) is 0.277. The fourth-order valence-corrected chi connectivity index (χ4v) is 3.48. The number of allylic oxidation sites excluding steroid dienone is 1. The van der Waals surface area contributed by atoms with Crippen LogP contribution in [0.4, 0.5) is 4.39 Å². The van der Waals surface area contributed by atoms with Gasteiger partial charge in [0, 0.05) is 12.3 Å². The van der Waals surface area contributed by atoms with E-state index in [1.807, 2.05) is 28.8 Å². The number of methoxy groups -OCH3 is 1. The van der Waals surface area contributed by atoms with Crippen LogP contribution in [0.2, 0.25) is 0 Å². The van der Waals surface area contributed by atoms with Gasteiger partial charge in [0.05, 0.1) is 19.3 Å². The fourth-order valence-electron chi connectivity index (χ4n) is 2.62. The summed E-state index contributed by atoms with van der Waals surface area (Å²) in [6, 6.07) is 14.1. The number of hydrogen-bond acceptors (Lipinski definition) is 5. The van der Waals surface area contributed by atoms with E-state index in [2.05, 4.69) is 16.8 Å². The van der Waals surface area contributed by atoms with Crippen molar-refractivity contribution in [2.24, 2.45) is 0 Å². The lowest BCUT2D eigenvalue weighted by Crippen LogP contribution is -2.03. The summed E-state index contributed by atoms with van der Waals surface area (Å²) in [7, 11) is 1.63. The molecule has 0 fully saturated rings. The molecule has 0 aliphatic heterocycles. The Bertz CT molecular complexity index is 912. The zero-order chi connectivity index (χ0) is 19.8. The molecule has 2 aromatic carbocycles. The van der Waals surface area contributed by atoms with Crippen LogP contribution in [0.15, 0.2) is 66.3 Å². The molecule has 1 aromatic heterocycles. The summed E-state index contributed by atoms with van der Waals surface area (Å²) in [5.41, 5.74) is 0.437. The summed E-state index contributed by atoms with van der Waals surface area (Å²) in [5, 5.41) is 9.16. The Balaban J connectivity index is 1.57. The van der Waals surface area contributed by atoms with E-state index < -0.39 is 0 Å². The fraction of sp³-hybridized carbons (Fsp3) is 0.238. The standard InChI is InChI=1S/C21H22FN3O2S/c1-3-13-25-20(18-7-4-5-8-19(18)22)23-24-21(25)28-15-6-14-27-17-11-9-16(26-2)10-12-17/h3-5,7-12H,1,6,13-15H2,2H3. The highest BCUT2D eigenvalue weighted by Crippen LogP contribution is 2.26. The van der Waals surface area contributed by atoms with Crippen molar-refractivity contribution in [3.63, 3.8) is 0 Å². The van der Waals surface area contributed by atoms with E-state index >= 15 is 0 Å². The molecule has 0 saturated carbocycles. The zero-order valence-corrected chi connectivity index (χ0v) is 16.5. The zero-order valence-electron chi connectivity index (χ0n) is 15.7. The van der Waals surface area contributed by atoms with Crippen LogP contribution in [0.25, 0.3) is 11.4 Å². The second kappa shape index (κ2) is 9.94. The molecule has 3 aromatic rings. The second-order valence-corrected chi connectivity index (χ2v) is 6.97. The molecule has 3 rings (SSSR count). The predicted molar refractivity (Wildman–Crippen MR) is 109 cm³/mol. The average Bonchev–Trinajstić information content (AvgIpc) is 3.11. The lowest BCUT2D eigenvalue weighted by Gasteiger charge is -2.09. The first kappa shape index (κ1) is 19.9. The Morgan fingerprint density at radius 1 is 1.11 bits per heavy atom. The largest absolute Gasteiger partial charge is 0.497 e. The highest BCUT2D eigenvalue weighted by Gasteiger charge is 2.16. The summed E-state index contributed by atoms with van der Waals surface area (Å²) in [6.07, 6.45) is 2.59. The minimum Gasteiger partial charge on any atom is -0.497 e. The molecule has 0 unspecified atom stereocenters. The number of thioether (sulfide) groups is 1. The summed E-state index contributed by atoms with van der Waals surface area (Å²) in [5.74, 6) is 2.61. The van der Waals surface area contributed by atoms with Crippen molar-refractivity contribution in [1.82, 2.24) is 14.8 Å². The highest BCUT2D eigenvalue weighted by atomic mass is 32.2. The van der Waals surface area contributed by atoms with Crippen LogP contribution in [0.1, 0.15) is 6.42 Å². The molecule has 5 nitrogen and oxygen atoms in total. The summed E-state index contributed by atoms with van der Waals surface area (Å²) < 4.78 is 26.9. The lowest BCUT2D eigenvalue weighted by molar-refractivity contribution is 0.318. The van der Waals surface area contributed by atoms with E-state index in [0.717, 1.165) is 28.8 Å². The summed E-state index contributed by atoms with van der Waals surface area (Å²) >= 11 is 1.57. The Morgan fingerprint density at radius 3 is 2.57 bits per heavy atom. The van der Waals surface area contributed by atoms with Crippen LogP contribution in [0, 0.1) is 5.82 Å². The van der Waals surface area contributed by atoms with Crippen LogP contribution in [-0.4, -0.2) is 34.2 Å². The molecule has 0 aliphatic carbocycles. The number of nitrogens with zero attached hydrogens (tertiary/aromatic N) is 3. The second-order valence-electron chi connectivity index (χ2n) is 5.91. The topological polar surface area (TPSA) is 49.2 Å². The van der Waals surface area contributed by atoms with Gasteiger partial charge >= 0.3 is 0 Å². The van der Waals surface area contributed by atoms with Gasteiger partial charge in [-0.05, 0) is 42.8 Å². The van der Waals surface area contributed by atoms with Gasteiger partial charge in [0.2, 0.25) is 0 Å². The van der Waals surface area contributed by atoms with Crippen molar-refractivity contribution in [2.45, 2.75) is 18.1 Å². The monoisotopic (exact) mass is 399 g/mol. The minimum absolute atomic E-state index is 0.315. The van der Waals surface area contributed by atoms with Crippen LogP contribution in [0.3, 0.4) is 0 Å². The molecular weight excluding hydrogens is 377 g/mol. The van der Waals surface area contributed by atoms with Crippen molar-refractivity contribution in [1.29, 1.82) is 0 Å². The number of benzene rings is 2. The number of aromatic nitrogens is 3. The van der Waals surface area contributed by atoms with Gasteiger partial charge in [-0.3, -0.25) is 4.57 Å². The third-order valence-electron chi connectivity index (χ3n) is 3.99. The maximum Gasteiger partial charge on any atom is 0.191 e. The van der Waals surface area contributed by atoms with E-state index in [4.69, 9.17) is 9.47 Å². The molecule has 0 aliphatic rings. The molecule has 0 bridgehead atoms. The molecule has 0 amide bonds. The van der Waals surface area contributed by atoms with Gasteiger partial charge in [-0.25, -0.2) is 4.39 Å². The first-order valence-electron chi connectivity index (χ1n) is 8.91. The van der Waals surface area contributed by atoms with Crippen molar-refractivity contribution in [2.75, 3.05) is 19.5 Å². The molecule has 28 heavy (non-hydrogen) atoms. The Kier molecular flexibility index (Phi) is 7.08. The Morgan fingerprint density at radius 2 is 1.86 bits per heavy atom. The molecule has 0 radical (unpaired) electrons. The lowest BCUT2D eigenvalue weighted by atomic mass is 10.2. The molecule has 0 spiro atoms. The van der Waals surface area contributed by atoms with Gasteiger partial charge < -0.3 is 9.47 Å². The van der Waals surface area contributed by atoms with Gasteiger partial charge in [0.15, 0.2) is 11.0 Å². The number of rotatable bonds is 10. The van der Waals surface area contributed by atoms with Crippen molar-refractivity contribution in [3.05, 3.63) is 67.0 Å². The maximum absolute atomic E-state index is 14.1. The van der Waals surface area contributed by atoms with E-state index in [1.165, 1.54) is 6.07 Å². The van der Waals surface area contributed by atoms with Gasteiger partial charge in [-0.1, -0.05) is 30.0 Å². The normalized spacial score (nSPS) is 10.6. The SMILES string of the molecule is C=CCn1c(SCCCOc2ccc(OC)cc2)nnc1-c1ccccc1F. The smallest absolute Gasteiger partial charge is 0.191 e. The highest BCUT2D eigenvalue weighted by molar-refractivity contribution is 7.99. The van der Waals surface area contributed by atoms with Crippen molar-refractivity contribution >= 4 is 11.8 Å². The van der Waals surface area contributed by atoms with Crippen LogP contribution < -0.4 is 9.47 Å². The van der Waals surface area contributed by atoms with E-state index in [-0.39, 0.29) is 5.82 Å². The number of hydrogen-bond donors (Lipinski definition) is 0. The first-order valence-corrected chi connectivity index (χ1v) is 9.90. The molecule has 1 heterocycles. The first-order chi connectivity index (χ1) is 13.7. The van der Waals surface area contributed by atoms with Crippen molar-refractivity contribution in [3.8, 4) is 22.9 Å². The maximum atomic E-state index is 14.1. The molecule has 0 saturated heterocycles. The molecule has 7 heteroatoms. The molecule has 0 atom stereocenters. The summed E-state index contributed by atoms with van der Waals surface area (Å²) in [6.45, 7) is 4.89.